The van der Waals surface area contributed by atoms with Gasteiger partial charge in [-0.25, -0.2) is 4.85 Å². The molecule has 3 atom stereocenters. The smallest absolute Gasteiger partial charge is 0.221 e. The van der Waals surface area contributed by atoms with Gasteiger partial charge in [0.1, 0.15) is 17.0 Å². The Balaban J connectivity index is 1.37. The minimum Gasteiger partial charge on any atom is -0.494 e. The average Bonchev–Trinajstić information content (AvgIpc) is 3.45. The Labute approximate surface area is 224 Å². The van der Waals surface area contributed by atoms with Crippen molar-refractivity contribution in [1.82, 2.24) is 4.57 Å². The molecule has 1 saturated heterocycles. The minimum atomic E-state index is -1.21. The van der Waals surface area contributed by atoms with Gasteiger partial charge in [0.25, 0.3) is 0 Å². The summed E-state index contributed by atoms with van der Waals surface area (Å²) in [5.41, 5.74) is 0.161. The molecule has 1 aromatic heterocycles. The van der Waals surface area contributed by atoms with Crippen LogP contribution in [0, 0.1) is 6.57 Å². The summed E-state index contributed by atoms with van der Waals surface area (Å²) in [4.78, 5) is 14.9. The van der Waals surface area contributed by atoms with Crippen LogP contribution in [0.2, 0.25) is 0 Å². The number of aliphatic hydroxyl groups excluding tert-OH is 1. The molecule has 4 aromatic rings. The lowest BCUT2D eigenvalue weighted by atomic mass is 9.76. The van der Waals surface area contributed by atoms with Crippen LogP contribution >= 0.6 is 0 Å². The summed E-state index contributed by atoms with van der Waals surface area (Å²) in [7, 11) is 0. The van der Waals surface area contributed by atoms with Crippen LogP contribution in [0.4, 0.5) is 11.4 Å². The molecule has 0 saturated carbocycles. The van der Waals surface area contributed by atoms with Crippen molar-refractivity contribution < 1.29 is 29.6 Å². The van der Waals surface area contributed by atoms with Gasteiger partial charge in [0.05, 0.1) is 36.1 Å². The highest BCUT2D eigenvalue weighted by atomic mass is 16.6. The zero-order valence-electron chi connectivity index (χ0n) is 21.4. The largest absolute Gasteiger partial charge is 0.494 e. The number of hydrogen-bond donors (Lipinski definition) is 4. The van der Waals surface area contributed by atoms with Gasteiger partial charge >= 0.3 is 0 Å². The first-order chi connectivity index (χ1) is 18.7. The van der Waals surface area contributed by atoms with Crippen LogP contribution in [0.5, 0.6) is 17.5 Å². The zero-order valence-corrected chi connectivity index (χ0v) is 21.4. The Kier molecular flexibility index (Phi) is 5.57. The summed E-state index contributed by atoms with van der Waals surface area (Å²) in [5, 5.41) is 38.2. The lowest BCUT2D eigenvalue weighted by molar-refractivity contribution is -0.114. The number of amides is 1. The third-order valence-corrected chi connectivity index (χ3v) is 7.83. The van der Waals surface area contributed by atoms with Crippen molar-refractivity contribution in [3.63, 3.8) is 0 Å². The van der Waals surface area contributed by atoms with Crippen LogP contribution < -0.4 is 10.1 Å². The molecule has 2 unspecified atom stereocenters. The topological polar surface area (TPSA) is 118 Å². The van der Waals surface area contributed by atoms with E-state index >= 15 is 0 Å². The summed E-state index contributed by atoms with van der Waals surface area (Å²) in [5.74, 6) is 0.0560. The van der Waals surface area contributed by atoms with E-state index in [-0.39, 0.29) is 30.7 Å². The van der Waals surface area contributed by atoms with Gasteiger partial charge in [-0.1, -0.05) is 30.3 Å². The molecule has 1 fully saturated rings. The monoisotopic (exact) mass is 525 g/mol. The number of aliphatic hydroxyl groups is 1. The zero-order chi connectivity index (χ0) is 27.5. The predicted octanol–water partition coefficient (Wildman–Crippen LogP) is 5.23. The molecule has 39 heavy (non-hydrogen) atoms. The molecule has 2 aliphatic heterocycles. The third kappa shape index (κ3) is 3.64. The van der Waals surface area contributed by atoms with Gasteiger partial charge in [0.15, 0.2) is 5.69 Å². The number of carbonyl (C=O) groups is 1. The first-order valence-electron chi connectivity index (χ1n) is 12.6. The van der Waals surface area contributed by atoms with E-state index in [9.17, 15) is 20.1 Å². The average molecular weight is 526 g/mol. The summed E-state index contributed by atoms with van der Waals surface area (Å²) in [6.07, 6.45) is -0.353. The van der Waals surface area contributed by atoms with Crippen molar-refractivity contribution in [3.05, 3.63) is 83.2 Å². The molecule has 4 N–H and O–H groups in total. The number of hydrogen-bond acceptors (Lipinski definition) is 6. The molecule has 9 nitrogen and oxygen atoms in total. The summed E-state index contributed by atoms with van der Waals surface area (Å²) in [6.45, 7) is 10.9. The van der Waals surface area contributed by atoms with Crippen LogP contribution in [0.3, 0.4) is 0 Å². The fourth-order valence-electron chi connectivity index (χ4n) is 6.08. The molecule has 2 aliphatic rings. The van der Waals surface area contributed by atoms with Crippen molar-refractivity contribution in [1.29, 1.82) is 0 Å². The van der Waals surface area contributed by atoms with E-state index in [0.29, 0.717) is 51.1 Å². The van der Waals surface area contributed by atoms with Crippen molar-refractivity contribution in [3.8, 4) is 23.2 Å². The molecule has 1 amide bonds. The Morgan fingerprint density at radius 2 is 1.79 bits per heavy atom. The van der Waals surface area contributed by atoms with E-state index in [1.54, 1.807) is 43.3 Å². The minimum absolute atomic E-state index is 0.162. The van der Waals surface area contributed by atoms with Crippen molar-refractivity contribution in [2.75, 3.05) is 11.9 Å². The fourth-order valence-corrected chi connectivity index (χ4v) is 6.08. The number of aromatic nitrogens is 1. The normalized spacial score (nSPS) is 23.0. The molecular formula is C30H27N3O6. The first-order valence-corrected chi connectivity index (χ1v) is 12.6. The maximum Gasteiger partial charge on any atom is 0.221 e. The number of nitrogens with zero attached hydrogens (tertiary/aromatic N) is 2. The Morgan fingerprint density at radius 1 is 1.10 bits per heavy atom. The van der Waals surface area contributed by atoms with Crippen molar-refractivity contribution in [2.45, 2.75) is 44.0 Å². The SMILES string of the molecule is [C-]#[N+]c1ccc(-n2c(O)c3c(c2O)C2(C)OC3(CCOc3ccc(NC(C)=O)cc3)C[C@H]2O)c2ccccc12. The van der Waals surface area contributed by atoms with Gasteiger partial charge < -0.3 is 30.1 Å². The van der Waals surface area contributed by atoms with Crippen LogP contribution in [0.1, 0.15) is 37.8 Å². The van der Waals surface area contributed by atoms with E-state index in [1.165, 1.54) is 11.5 Å². The maximum atomic E-state index is 11.6. The van der Waals surface area contributed by atoms with Gasteiger partial charge in [0.2, 0.25) is 17.7 Å². The lowest BCUT2D eigenvalue weighted by Crippen LogP contribution is -2.33. The number of benzene rings is 3. The van der Waals surface area contributed by atoms with Crippen molar-refractivity contribution >= 4 is 28.1 Å². The molecular weight excluding hydrogens is 498 g/mol. The standard InChI is InChI=1S/C30H27N3O6/c1-17(34)32-18-8-10-19(11-9-18)38-15-14-30-16-24(35)29(2,39-30)25-26(30)28(37)33(27(25)36)23-13-12-22(31-3)20-6-4-5-7-21(20)23/h4-13,24,35-37H,14-16H2,1-2H3,(H,32,34)/t24-,29?,30?/m1/s1. The fraction of sp³-hybridized carbons (Fsp3) is 0.267. The van der Waals surface area contributed by atoms with E-state index in [4.69, 9.17) is 16.0 Å². The Morgan fingerprint density at radius 3 is 2.49 bits per heavy atom. The van der Waals surface area contributed by atoms with Crippen molar-refractivity contribution in [2.24, 2.45) is 0 Å². The van der Waals surface area contributed by atoms with E-state index in [0.717, 1.165) is 0 Å². The maximum absolute atomic E-state index is 11.6. The molecule has 6 rings (SSSR count). The van der Waals surface area contributed by atoms with Crippen LogP contribution in [-0.4, -0.2) is 38.5 Å². The number of ether oxygens (including phenoxy) is 2. The summed E-state index contributed by atoms with van der Waals surface area (Å²) < 4.78 is 13.7. The summed E-state index contributed by atoms with van der Waals surface area (Å²) >= 11 is 0. The highest BCUT2D eigenvalue weighted by Gasteiger charge is 2.66. The summed E-state index contributed by atoms with van der Waals surface area (Å²) in [6, 6.07) is 17.7. The Hall–Kier alpha value is -4.52. The number of fused-ring (bicyclic) bond motifs is 6. The molecule has 0 radical (unpaired) electrons. The van der Waals surface area contributed by atoms with Gasteiger partial charge in [-0.2, -0.15) is 0 Å². The third-order valence-electron chi connectivity index (χ3n) is 7.83. The number of aromatic hydroxyl groups is 2. The van der Waals surface area contributed by atoms with Crippen LogP contribution in [0.15, 0.2) is 60.7 Å². The first kappa shape index (κ1) is 24.8. The highest BCUT2D eigenvalue weighted by molar-refractivity contribution is 6.00. The quantitative estimate of drug-likeness (QED) is 0.256. The number of anilines is 1. The second-order valence-electron chi connectivity index (χ2n) is 10.2. The van der Waals surface area contributed by atoms with E-state index in [1.807, 2.05) is 24.3 Å². The van der Waals surface area contributed by atoms with Crippen LogP contribution in [0.25, 0.3) is 21.3 Å². The second-order valence-corrected chi connectivity index (χ2v) is 10.2. The molecule has 3 heterocycles. The number of carbonyl (C=O) groups excluding carboxylic acids is 1. The van der Waals surface area contributed by atoms with Gasteiger partial charge in [-0.05, 0) is 48.0 Å². The molecule has 0 spiro atoms. The van der Waals surface area contributed by atoms with Gasteiger partial charge in [0, 0.05) is 25.5 Å². The predicted molar refractivity (Wildman–Crippen MR) is 144 cm³/mol. The molecule has 3 aromatic carbocycles. The Bertz CT molecular complexity index is 1670. The number of nitrogens with one attached hydrogen (secondary N) is 1. The molecule has 198 valence electrons. The van der Waals surface area contributed by atoms with E-state index in [2.05, 4.69) is 10.2 Å². The molecule has 9 heteroatoms. The van der Waals surface area contributed by atoms with Crippen LogP contribution in [-0.2, 0) is 20.7 Å². The van der Waals surface area contributed by atoms with E-state index < -0.39 is 17.3 Å². The van der Waals surface area contributed by atoms with Gasteiger partial charge in [-0.15, -0.1) is 0 Å². The highest BCUT2D eigenvalue weighted by Crippen LogP contribution is 2.65. The second kappa shape index (κ2) is 8.76. The number of rotatable bonds is 6. The lowest BCUT2D eigenvalue weighted by Gasteiger charge is -2.26. The molecule has 0 aliphatic carbocycles. The van der Waals surface area contributed by atoms with Gasteiger partial charge in [-0.3, -0.25) is 9.36 Å². The molecule has 2 bridgehead atoms.